The SMILES string of the molecule is FC(F)(F)c1cccc(C2=CCN(CC3CCCCC3)CC2)c1. The Morgan fingerprint density at radius 1 is 1.09 bits per heavy atom. The molecule has 1 aromatic carbocycles. The van der Waals surface area contributed by atoms with Gasteiger partial charge >= 0.3 is 6.18 Å². The quantitative estimate of drug-likeness (QED) is 0.722. The minimum Gasteiger partial charge on any atom is -0.299 e. The van der Waals surface area contributed by atoms with E-state index < -0.39 is 11.7 Å². The molecule has 0 amide bonds. The predicted octanol–water partition coefficient (Wildman–Crippen LogP) is 5.37. The van der Waals surface area contributed by atoms with Gasteiger partial charge in [-0.15, -0.1) is 0 Å². The molecule has 1 aliphatic heterocycles. The van der Waals surface area contributed by atoms with Gasteiger partial charge in [0.1, 0.15) is 0 Å². The van der Waals surface area contributed by atoms with Gasteiger partial charge in [0.15, 0.2) is 0 Å². The van der Waals surface area contributed by atoms with Gasteiger partial charge in [0.2, 0.25) is 0 Å². The molecule has 0 radical (unpaired) electrons. The molecule has 126 valence electrons. The first kappa shape index (κ1) is 16.6. The zero-order valence-electron chi connectivity index (χ0n) is 13.4. The van der Waals surface area contributed by atoms with Crippen LogP contribution < -0.4 is 0 Å². The second kappa shape index (κ2) is 7.08. The molecule has 0 bridgehead atoms. The fraction of sp³-hybridized carbons (Fsp3) is 0.579. The molecule has 1 nitrogen and oxygen atoms in total. The third-order valence-corrected chi connectivity index (χ3v) is 5.10. The van der Waals surface area contributed by atoms with E-state index in [4.69, 9.17) is 0 Å². The molecule has 1 aliphatic carbocycles. The third kappa shape index (κ3) is 4.37. The van der Waals surface area contributed by atoms with E-state index in [1.54, 1.807) is 6.07 Å². The smallest absolute Gasteiger partial charge is 0.299 e. The minimum absolute atomic E-state index is 0.555. The van der Waals surface area contributed by atoms with Crippen molar-refractivity contribution in [2.45, 2.75) is 44.7 Å². The molecule has 0 aromatic heterocycles. The predicted molar refractivity (Wildman–Crippen MR) is 87.1 cm³/mol. The summed E-state index contributed by atoms with van der Waals surface area (Å²) in [6, 6.07) is 5.72. The van der Waals surface area contributed by atoms with Crippen LogP contribution in [-0.4, -0.2) is 24.5 Å². The van der Waals surface area contributed by atoms with Gasteiger partial charge in [-0.2, -0.15) is 13.2 Å². The summed E-state index contributed by atoms with van der Waals surface area (Å²) in [5.41, 5.74) is 1.22. The molecule has 1 saturated carbocycles. The zero-order valence-corrected chi connectivity index (χ0v) is 13.4. The topological polar surface area (TPSA) is 3.24 Å². The van der Waals surface area contributed by atoms with Crippen molar-refractivity contribution < 1.29 is 13.2 Å². The molecule has 0 unspecified atom stereocenters. The van der Waals surface area contributed by atoms with Crippen LogP contribution >= 0.6 is 0 Å². The van der Waals surface area contributed by atoms with Crippen molar-refractivity contribution in [2.75, 3.05) is 19.6 Å². The van der Waals surface area contributed by atoms with E-state index in [2.05, 4.69) is 11.0 Å². The van der Waals surface area contributed by atoms with E-state index in [-0.39, 0.29) is 0 Å². The van der Waals surface area contributed by atoms with E-state index in [9.17, 15) is 13.2 Å². The number of benzene rings is 1. The van der Waals surface area contributed by atoms with Crippen molar-refractivity contribution in [1.29, 1.82) is 0 Å². The molecular weight excluding hydrogens is 299 g/mol. The van der Waals surface area contributed by atoms with Crippen molar-refractivity contribution in [3.63, 3.8) is 0 Å². The highest BCUT2D eigenvalue weighted by atomic mass is 19.4. The second-order valence-corrected chi connectivity index (χ2v) is 6.82. The Balaban J connectivity index is 1.62. The Hall–Kier alpha value is -1.29. The summed E-state index contributed by atoms with van der Waals surface area (Å²) < 4.78 is 38.5. The molecule has 4 heteroatoms. The average molecular weight is 323 g/mol. The fourth-order valence-corrected chi connectivity index (χ4v) is 3.77. The van der Waals surface area contributed by atoms with Crippen LogP contribution in [0.4, 0.5) is 13.2 Å². The zero-order chi connectivity index (χ0) is 16.3. The van der Waals surface area contributed by atoms with Gasteiger partial charge in [0.05, 0.1) is 5.56 Å². The second-order valence-electron chi connectivity index (χ2n) is 6.82. The molecule has 0 spiro atoms. The molecule has 1 fully saturated rings. The van der Waals surface area contributed by atoms with Gasteiger partial charge in [0, 0.05) is 19.6 Å². The standard InChI is InChI=1S/C19H24F3N/c20-19(21,22)18-8-4-7-17(13-18)16-9-11-23(12-10-16)14-15-5-2-1-3-6-15/h4,7-9,13,15H,1-3,5-6,10-12,14H2. The van der Waals surface area contributed by atoms with Crippen molar-refractivity contribution in [3.05, 3.63) is 41.5 Å². The summed E-state index contributed by atoms with van der Waals surface area (Å²) in [5.74, 6) is 0.812. The first-order valence-electron chi connectivity index (χ1n) is 8.61. The van der Waals surface area contributed by atoms with E-state index in [0.717, 1.165) is 49.2 Å². The van der Waals surface area contributed by atoms with Crippen LogP contribution in [0.5, 0.6) is 0 Å². The number of hydrogen-bond acceptors (Lipinski definition) is 1. The van der Waals surface area contributed by atoms with Gasteiger partial charge in [0.25, 0.3) is 0 Å². The number of nitrogens with zero attached hydrogens (tertiary/aromatic N) is 1. The molecule has 23 heavy (non-hydrogen) atoms. The fourth-order valence-electron chi connectivity index (χ4n) is 3.77. The van der Waals surface area contributed by atoms with Crippen LogP contribution in [0.25, 0.3) is 5.57 Å². The molecule has 1 aromatic rings. The van der Waals surface area contributed by atoms with Crippen LogP contribution in [0, 0.1) is 5.92 Å². The number of rotatable bonds is 3. The lowest BCUT2D eigenvalue weighted by molar-refractivity contribution is -0.137. The Morgan fingerprint density at radius 2 is 1.87 bits per heavy atom. The number of alkyl halides is 3. The lowest BCUT2D eigenvalue weighted by Gasteiger charge is -2.32. The Morgan fingerprint density at radius 3 is 2.52 bits per heavy atom. The lowest BCUT2D eigenvalue weighted by Crippen LogP contribution is -2.34. The molecule has 1 heterocycles. The van der Waals surface area contributed by atoms with Crippen molar-refractivity contribution >= 4 is 5.57 Å². The summed E-state index contributed by atoms with van der Waals surface area (Å²) in [5, 5.41) is 0. The summed E-state index contributed by atoms with van der Waals surface area (Å²) in [4.78, 5) is 2.45. The lowest BCUT2D eigenvalue weighted by atomic mass is 9.88. The van der Waals surface area contributed by atoms with Gasteiger partial charge < -0.3 is 0 Å². The molecule has 2 aliphatic rings. The Labute approximate surface area is 136 Å². The Bertz CT molecular complexity index is 556. The summed E-state index contributed by atoms with van der Waals surface area (Å²) in [6.45, 7) is 2.97. The third-order valence-electron chi connectivity index (χ3n) is 5.10. The average Bonchev–Trinajstić information content (AvgIpc) is 2.56. The highest BCUT2D eigenvalue weighted by molar-refractivity contribution is 5.67. The molecule has 3 rings (SSSR count). The van der Waals surface area contributed by atoms with Gasteiger partial charge in [-0.1, -0.05) is 37.5 Å². The molecule has 0 N–H and O–H groups in total. The van der Waals surface area contributed by atoms with Crippen molar-refractivity contribution in [1.82, 2.24) is 4.90 Å². The summed E-state index contributed by atoms with van der Waals surface area (Å²) in [7, 11) is 0. The first-order valence-corrected chi connectivity index (χ1v) is 8.61. The maximum atomic E-state index is 12.8. The van der Waals surface area contributed by atoms with Gasteiger partial charge in [-0.3, -0.25) is 4.90 Å². The van der Waals surface area contributed by atoms with Crippen molar-refractivity contribution in [3.8, 4) is 0 Å². The molecular formula is C19H24F3N. The first-order chi connectivity index (χ1) is 11.0. The maximum absolute atomic E-state index is 12.8. The highest BCUT2D eigenvalue weighted by Crippen LogP contribution is 2.32. The monoisotopic (exact) mass is 323 g/mol. The highest BCUT2D eigenvalue weighted by Gasteiger charge is 2.30. The van der Waals surface area contributed by atoms with Crippen LogP contribution in [0.2, 0.25) is 0 Å². The van der Waals surface area contributed by atoms with Gasteiger partial charge in [-0.25, -0.2) is 0 Å². The van der Waals surface area contributed by atoms with E-state index in [1.165, 1.54) is 44.2 Å². The molecule has 0 saturated heterocycles. The van der Waals surface area contributed by atoms with Crippen LogP contribution in [0.15, 0.2) is 30.3 Å². The summed E-state index contributed by atoms with van der Waals surface area (Å²) in [6.07, 6.45) is 5.43. The maximum Gasteiger partial charge on any atom is 0.416 e. The Kier molecular flexibility index (Phi) is 5.10. The summed E-state index contributed by atoms with van der Waals surface area (Å²) >= 11 is 0. The minimum atomic E-state index is -4.27. The largest absolute Gasteiger partial charge is 0.416 e. The van der Waals surface area contributed by atoms with E-state index >= 15 is 0 Å². The van der Waals surface area contributed by atoms with E-state index in [0.29, 0.717) is 0 Å². The molecule has 0 atom stereocenters. The van der Waals surface area contributed by atoms with Crippen molar-refractivity contribution in [2.24, 2.45) is 5.92 Å². The van der Waals surface area contributed by atoms with Crippen LogP contribution in [0.1, 0.15) is 49.7 Å². The van der Waals surface area contributed by atoms with Crippen LogP contribution in [0.3, 0.4) is 0 Å². The van der Waals surface area contributed by atoms with E-state index in [1.807, 2.05) is 0 Å². The number of hydrogen-bond donors (Lipinski definition) is 0. The van der Waals surface area contributed by atoms with Crippen LogP contribution in [-0.2, 0) is 6.18 Å². The normalized spacial score (nSPS) is 21.3. The number of halogens is 3. The van der Waals surface area contributed by atoms with Gasteiger partial charge in [-0.05, 0) is 48.4 Å².